The second-order valence-corrected chi connectivity index (χ2v) is 6.20. The van der Waals surface area contributed by atoms with E-state index in [9.17, 15) is 0 Å². The van der Waals surface area contributed by atoms with Gasteiger partial charge in [0.25, 0.3) is 0 Å². The molecule has 0 fully saturated rings. The average Bonchev–Trinajstić information content (AvgIpc) is 2.85. The summed E-state index contributed by atoms with van der Waals surface area (Å²) in [4.78, 5) is 0.994. The molecule has 2 N–H and O–H groups in total. The minimum absolute atomic E-state index is 0.509. The van der Waals surface area contributed by atoms with E-state index in [-0.39, 0.29) is 0 Å². The fraction of sp³-hybridized carbons (Fsp3) is 0.333. The van der Waals surface area contributed by atoms with Gasteiger partial charge in [0, 0.05) is 4.88 Å². The van der Waals surface area contributed by atoms with Crippen molar-refractivity contribution in [1.82, 2.24) is 0 Å². The Morgan fingerprint density at radius 3 is 2.45 bits per heavy atom. The van der Waals surface area contributed by atoms with E-state index in [0.29, 0.717) is 17.9 Å². The maximum Gasteiger partial charge on any atom is 0.160 e. The van der Waals surface area contributed by atoms with Crippen molar-refractivity contribution in [2.24, 2.45) is 5.73 Å². The Kier molecular flexibility index (Phi) is 4.58. The van der Waals surface area contributed by atoms with Crippen molar-refractivity contribution in [1.29, 1.82) is 0 Å². The van der Waals surface area contributed by atoms with Gasteiger partial charge >= 0.3 is 0 Å². The summed E-state index contributed by atoms with van der Waals surface area (Å²) in [6.45, 7) is 1.99. The number of halogens is 1. The number of hydrogen-bond donors (Lipinski definition) is 1. The van der Waals surface area contributed by atoms with E-state index in [0.717, 1.165) is 15.5 Å². The van der Waals surface area contributed by atoms with Gasteiger partial charge < -0.3 is 15.2 Å². The second-order valence-electron chi connectivity index (χ2n) is 4.88. The maximum atomic E-state index is 6.43. The minimum Gasteiger partial charge on any atom is -0.493 e. The van der Waals surface area contributed by atoms with Gasteiger partial charge in [0.05, 0.1) is 24.8 Å². The summed E-state index contributed by atoms with van der Waals surface area (Å²) in [7, 11) is 3.25. The quantitative estimate of drug-likeness (QED) is 0.912. The first-order valence-corrected chi connectivity index (χ1v) is 7.47. The molecule has 20 heavy (non-hydrogen) atoms. The lowest BCUT2D eigenvalue weighted by molar-refractivity contribution is 0.354. The van der Waals surface area contributed by atoms with Crippen LogP contribution in [0.15, 0.2) is 29.6 Å². The van der Waals surface area contributed by atoms with Crippen LogP contribution >= 0.6 is 22.9 Å². The standard InChI is InChI=1S/C15H18ClNO2S/c1-15(17,14-11(16)6-7-20-14)9-10-4-5-12(18-2)13(8-10)19-3/h4-8H,9,17H2,1-3H3. The lowest BCUT2D eigenvalue weighted by atomic mass is 9.92. The van der Waals surface area contributed by atoms with E-state index in [1.807, 2.05) is 36.6 Å². The molecule has 0 aliphatic carbocycles. The fourth-order valence-electron chi connectivity index (χ4n) is 2.20. The number of thiophene rings is 1. The number of benzene rings is 1. The molecule has 0 aliphatic heterocycles. The van der Waals surface area contributed by atoms with Crippen LogP contribution in [0, 0.1) is 0 Å². The van der Waals surface area contributed by atoms with Crippen molar-refractivity contribution < 1.29 is 9.47 Å². The van der Waals surface area contributed by atoms with E-state index in [4.69, 9.17) is 26.8 Å². The van der Waals surface area contributed by atoms with Crippen molar-refractivity contribution in [2.75, 3.05) is 14.2 Å². The molecule has 108 valence electrons. The van der Waals surface area contributed by atoms with E-state index in [2.05, 4.69) is 0 Å². The molecule has 3 nitrogen and oxygen atoms in total. The number of ether oxygens (including phenoxy) is 2. The molecule has 1 unspecified atom stereocenters. The third-order valence-electron chi connectivity index (χ3n) is 3.16. The van der Waals surface area contributed by atoms with Crippen LogP contribution in [0.2, 0.25) is 5.02 Å². The lowest BCUT2D eigenvalue weighted by Gasteiger charge is -2.24. The van der Waals surface area contributed by atoms with Gasteiger partial charge in [0.15, 0.2) is 11.5 Å². The first kappa shape index (κ1) is 15.2. The van der Waals surface area contributed by atoms with Crippen molar-refractivity contribution in [3.63, 3.8) is 0 Å². The molecule has 2 aromatic rings. The zero-order valence-corrected chi connectivity index (χ0v) is 13.3. The highest BCUT2D eigenvalue weighted by Gasteiger charge is 2.26. The van der Waals surface area contributed by atoms with Gasteiger partial charge in [-0.15, -0.1) is 11.3 Å². The van der Waals surface area contributed by atoms with Crippen LogP contribution < -0.4 is 15.2 Å². The van der Waals surface area contributed by atoms with Gasteiger partial charge in [0.2, 0.25) is 0 Å². The highest BCUT2D eigenvalue weighted by atomic mass is 35.5. The molecule has 0 aliphatic rings. The van der Waals surface area contributed by atoms with E-state index in [1.165, 1.54) is 0 Å². The van der Waals surface area contributed by atoms with Crippen LogP contribution in [0.4, 0.5) is 0 Å². The van der Waals surface area contributed by atoms with Crippen LogP contribution in [0.5, 0.6) is 11.5 Å². The second kappa shape index (κ2) is 6.04. The van der Waals surface area contributed by atoms with Gasteiger partial charge in [0.1, 0.15) is 0 Å². The molecule has 0 saturated heterocycles. The molecule has 2 rings (SSSR count). The molecule has 0 saturated carbocycles. The Bertz CT molecular complexity index is 595. The number of nitrogens with two attached hydrogens (primary N) is 1. The summed E-state index contributed by atoms with van der Waals surface area (Å²) < 4.78 is 10.6. The summed E-state index contributed by atoms with van der Waals surface area (Å²) in [6, 6.07) is 7.71. The Morgan fingerprint density at radius 1 is 1.20 bits per heavy atom. The van der Waals surface area contributed by atoms with Crippen molar-refractivity contribution >= 4 is 22.9 Å². The van der Waals surface area contributed by atoms with Gasteiger partial charge in [-0.05, 0) is 42.5 Å². The molecular formula is C15H18ClNO2S. The normalized spacial score (nSPS) is 13.8. The van der Waals surface area contributed by atoms with E-state index < -0.39 is 5.54 Å². The topological polar surface area (TPSA) is 44.5 Å². The molecule has 1 atom stereocenters. The molecule has 1 aromatic heterocycles. The van der Waals surface area contributed by atoms with Crippen molar-refractivity contribution in [3.05, 3.63) is 45.1 Å². The molecule has 1 heterocycles. The summed E-state index contributed by atoms with van der Waals surface area (Å²) >= 11 is 7.76. The van der Waals surface area contributed by atoms with Crippen LogP contribution in [0.1, 0.15) is 17.4 Å². The molecule has 5 heteroatoms. The third-order valence-corrected chi connectivity index (χ3v) is 4.78. The highest BCUT2D eigenvalue weighted by Crippen LogP contribution is 2.35. The Morgan fingerprint density at radius 2 is 1.90 bits per heavy atom. The number of rotatable bonds is 5. The summed E-state index contributed by atoms with van der Waals surface area (Å²) in [5, 5.41) is 2.68. The zero-order chi connectivity index (χ0) is 14.8. The van der Waals surface area contributed by atoms with Crippen molar-refractivity contribution in [3.8, 4) is 11.5 Å². The predicted octanol–water partition coefficient (Wildman–Crippen LogP) is 3.84. The summed E-state index contributed by atoms with van der Waals surface area (Å²) in [5.41, 5.74) is 7.00. The van der Waals surface area contributed by atoms with Crippen LogP contribution in [0.25, 0.3) is 0 Å². The first-order chi connectivity index (χ1) is 9.47. The Labute approximate surface area is 128 Å². The minimum atomic E-state index is -0.509. The van der Waals surface area contributed by atoms with E-state index >= 15 is 0 Å². The molecule has 0 amide bonds. The van der Waals surface area contributed by atoms with Gasteiger partial charge in [-0.1, -0.05) is 17.7 Å². The van der Waals surface area contributed by atoms with Gasteiger partial charge in [-0.2, -0.15) is 0 Å². The predicted molar refractivity (Wildman–Crippen MR) is 84.1 cm³/mol. The largest absolute Gasteiger partial charge is 0.493 e. The Balaban J connectivity index is 2.27. The molecule has 1 aromatic carbocycles. The summed E-state index contributed by atoms with van der Waals surface area (Å²) in [5.74, 6) is 1.42. The lowest BCUT2D eigenvalue weighted by Crippen LogP contribution is -2.34. The molecular weight excluding hydrogens is 294 g/mol. The number of methoxy groups -OCH3 is 2. The zero-order valence-electron chi connectivity index (χ0n) is 11.8. The van der Waals surface area contributed by atoms with Crippen LogP contribution in [-0.4, -0.2) is 14.2 Å². The van der Waals surface area contributed by atoms with Gasteiger partial charge in [-0.3, -0.25) is 0 Å². The monoisotopic (exact) mass is 311 g/mol. The maximum absolute atomic E-state index is 6.43. The average molecular weight is 312 g/mol. The van der Waals surface area contributed by atoms with Crippen LogP contribution in [0.3, 0.4) is 0 Å². The molecule has 0 bridgehead atoms. The number of hydrogen-bond acceptors (Lipinski definition) is 4. The van der Waals surface area contributed by atoms with E-state index in [1.54, 1.807) is 25.6 Å². The molecule has 0 radical (unpaired) electrons. The highest BCUT2D eigenvalue weighted by molar-refractivity contribution is 7.10. The summed E-state index contributed by atoms with van der Waals surface area (Å²) in [6.07, 6.45) is 0.674. The fourth-order valence-corrected chi connectivity index (χ4v) is 3.55. The smallest absolute Gasteiger partial charge is 0.160 e. The molecule has 0 spiro atoms. The van der Waals surface area contributed by atoms with Crippen molar-refractivity contribution in [2.45, 2.75) is 18.9 Å². The Hall–Kier alpha value is -1.23. The SMILES string of the molecule is COc1ccc(CC(C)(N)c2sccc2Cl)cc1OC. The van der Waals surface area contributed by atoms with Gasteiger partial charge in [-0.25, -0.2) is 0 Å². The van der Waals surface area contributed by atoms with Crippen LogP contribution in [-0.2, 0) is 12.0 Å². The first-order valence-electron chi connectivity index (χ1n) is 6.21. The third kappa shape index (κ3) is 3.08.